The first-order valence-electron chi connectivity index (χ1n) is 8.15. The number of anilines is 1. The highest BCUT2D eigenvalue weighted by Gasteiger charge is 2.22. The van der Waals surface area contributed by atoms with Crippen LogP contribution in [0.3, 0.4) is 0 Å². The molecule has 0 spiro atoms. The largest absolute Gasteiger partial charge is 0.325 e. The van der Waals surface area contributed by atoms with Gasteiger partial charge in [-0.15, -0.1) is 0 Å². The van der Waals surface area contributed by atoms with Gasteiger partial charge in [0.25, 0.3) is 0 Å². The van der Waals surface area contributed by atoms with Crippen molar-refractivity contribution in [2.75, 3.05) is 5.32 Å². The van der Waals surface area contributed by atoms with Gasteiger partial charge in [-0.25, -0.2) is 4.39 Å². The third-order valence-corrected chi connectivity index (χ3v) is 4.13. The average molecular weight is 334 g/mol. The zero-order chi connectivity index (χ0) is 17.6. The molecule has 0 aliphatic rings. The van der Waals surface area contributed by atoms with Crippen LogP contribution >= 0.6 is 0 Å². The van der Waals surface area contributed by atoms with Gasteiger partial charge < -0.3 is 5.32 Å². The van der Waals surface area contributed by atoms with Crippen LogP contribution in [0.4, 0.5) is 10.1 Å². The fourth-order valence-corrected chi connectivity index (χ4v) is 2.72. The lowest BCUT2D eigenvalue weighted by molar-refractivity contribution is -0.117. The molecule has 0 saturated carbocycles. The number of pyridine rings is 1. The van der Waals surface area contributed by atoms with Crippen LogP contribution < -0.4 is 5.32 Å². The summed E-state index contributed by atoms with van der Waals surface area (Å²) in [6.07, 6.45) is 2.15. The van der Waals surface area contributed by atoms with Gasteiger partial charge in [-0.2, -0.15) is 0 Å². The maximum Gasteiger partial charge on any atom is 0.232 e. The third-order valence-electron chi connectivity index (χ3n) is 4.13. The van der Waals surface area contributed by atoms with Gasteiger partial charge in [0, 0.05) is 24.0 Å². The number of hydrogen-bond acceptors (Lipinski definition) is 2. The Morgan fingerprint density at radius 3 is 2.44 bits per heavy atom. The maximum absolute atomic E-state index is 13.3. The molecule has 25 heavy (non-hydrogen) atoms. The van der Waals surface area contributed by atoms with E-state index in [1.54, 1.807) is 18.3 Å². The maximum atomic E-state index is 13.3. The molecule has 0 bridgehead atoms. The molecule has 0 fully saturated rings. The van der Waals surface area contributed by atoms with Crippen molar-refractivity contribution in [3.05, 3.63) is 95.6 Å². The zero-order valence-electron chi connectivity index (χ0n) is 13.9. The van der Waals surface area contributed by atoms with E-state index >= 15 is 0 Å². The molecule has 1 atom stereocenters. The molecule has 3 rings (SSSR count). The van der Waals surface area contributed by atoms with Gasteiger partial charge in [-0.1, -0.05) is 36.4 Å². The molecule has 3 nitrogen and oxygen atoms in total. The van der Waals surface area contributed by atoms with Crippen LogP contribution in [-0.4, -0.2) is 10.9 Å². The molecule has 3 aromatic rings. The van der Waals surface area contributed by atoms with Gasteiger partial charge in [-0.05, 0) is 48.4 Å². The van der Waals surface area contributed by atoms with Gasteiger partial charge in [0.1, 0.15) is 5.82 Å². The zero-order valence-corrected chi connectivity index (χ0v) is 13.9. The first kappa shape index (κ1) is 16.8. The van der Waals surface area contributed by atoms with E-state index in [-0.39, 0.29) is 11.7 Å². The van der Waals surface area contributed by atoms with Crippen LogP contribution in [0.15, 0.2) is 72.9 Å². The predicted octanol–water partition coefficient (Wildman–Crippen LogP) is 4.49. The Kier molecular flexibility index (Phi) is 5.19. The summed E-state index contributed by atoms with van der Waals surface area (Å²) in [5.41, 5.74) is 3.35. The van der Waals surface area contributed by atoms with E-state index in [0.29, 0.717) is 6.42 Å². The Labute approximate surface area is 146 Å². The highest BCUT2D eigenvalue weighted by atomic mass is 19.1. The Morgan fingerprint density at radius 1 is 1.04 bits per heavy atom. The van der Waals surface area contributed by atoms with E-state index in [9.17, 15) is 9.18 Å². The minimum absolute atomic E-state index is 0.133. The second-order valence-corrected chi connectivity index (χ2v) is 5.93. The van der Waals surface area contributed by atoms with Crippen molar-refractivity contribution in [2.45, 2.75) is 19.3 Å². The molecule has 1 amide bonds. The van der Waals surface area contributed by atoms with Gasteiger partial charge in [0.2, 0.25) is 5.91 Å². The van der Waals surface area contributed by atoms with E-state index in [1.165, 1.54) is 12.1 Å². The van der Waals surface area contributed by atoms with Crippen LogP contribution in [0.5, 0.6) is 0 Å². The number of para-hydroxylation sites is 1. The molecule has 0 aliphatic carbocycles. The summed E-state index contributed by atoms with van der Waals surface area (Å²) in [5.74, 6) is -0.902. The number of nitrogens with zero attached hydrogens (tertiary/aromatic N) is 1. The lowest BCUT2D eigenvalue weighted by Gasteiger charge is -2.18. The Bertz CT molecular complexity index is 847. The summed E-state index contributed by atoms with van der Waals surface area (Å²) in [4.78, 5) is 17.2. The number of carbonyl (C=O) groups excluding carboxylic acids is 1. The molecule has 2 aromatic carbocycles. The molecular weight excluding hydrogens is 315 g/mol. The van der Waals surface area contributed by atoms with Crippen molar-refractivity contribution in [1.29, 1.82) is 0 Å². The Morgan fingerprint density at radius 2 is 1.76 bits per heavy atom. The minimum atomic E-state index is -0.449. The number of rotatable bonds is 5. The summed E-state index contributed by atoms with van der Waals surface area (Å²) in [7, 11) is 0. The smallest absolute Gasteiger partial charge is 0.232 e. The van der Waals surface area contributed by atoms with Gasteiger partial charge in [0.15, 0.2) is 0 Å². The second kappa shape index (κ2) is 7.71. The third kappa shape index (κ3) is 4.29. The summed E-state index contributed by atoms with van der Waals surface area (Å²) in [6.45, 7) is 1.95. The molecule has 1 N–H and O–H groups in total. The van der Waals surface area contributed by atoms with Crippen molar-refractivity contribution < 1.29 is 9.18 Å². The topological polar surface area (TPSA) is 42.0 Å². The lowest BCUT2D eigenvalue weighted by Crippen LogP contribution is -2.23. The number of nitrogens with one attached hydrogen (secondary N) is 1. The van der Waals surface area contributed by atoms with Crippen molar-refractivity contribution >= 4 is 11.6 Å². The molecule has 0 aliphatic heterocycles. The number of benzene rings is 2. The highest BCUT2D eigenvalue weighted by Crippen LogP contribution is 2.24. The number of halogens is 1. The fourth-order valence-electron chi connectivity index (χ4n) is 2.72. The molecule has 1 aromatic heterocycles. The molecule has 0 saturated heterocycles. The molecule has 4 heteroatoms. The van der Waals surface area contributed by atoms with Crippen LogP contribution in [-0.2, 0) is 11.2 Å². The standard InChI is InChI=1S/C21H19FN2O/c1-15-6-2-3-8-20(15)24-21(25)19(14-18-7-4-5-13-23-18)16-9-11-17(22)12-10-16/h2-13,19H,14H2,1H3,(H,24,25). The number of hydrogen-bond donors (Lipinski definition) is 1. The predicted molar refractivity (Wildman–Crippen MR) is 96.9 cm³/mol. The molecule has 126 valence electrons. The van der Waals surface area contributed by atoms with Crippen molar-refractivity contribution in [1.82, 2.24) is 4.98 Å². The van der Waals surface area contributed by atoms with Crippen LogP contribution in [0.1, 0.15) is 22.7 Å². The van der Waals surface area contributed by atoms with Gasteiger partial charge in [0.05, 0.1) is 5.92 Å². The molecule has 1 heterocycles. The molecular formula is C21H19FN2O. The Hall–Kier alpha value is -3.01. The summed E-state index contributed by atoms with van der Waals surface area (Å²) in [5, 5.41) is 2.98. The van der Waals surface area contributed by atoms with Crippen molar-refractivity contribution in [3.8, 4) is 0 Å². The molecule has 0 radical (unpaired) electrons. The number of aryl methyl sites for hydroxylation is 1. The van der Waals surface area contributed by atoms with E-state index in [2.05, 4.69) is 10.3 Å². The number of carbonyl (C=O) groups is 1. The number of amides is 1. The lowest BCUT2D eigenvalue weighted by atomic mass is 9.92. The summed E-state index contributed by atoms with van der Waals surface area (Å²) in [6, 6.07) is 19.3. The summed E-state index contributed by atoms with van der Waals surface area (Å²) < 4.78 is 13.3. The van der Waals surface area contributed by atoms with Crippen LogP contribution in [0.2, 0.25) is 0 Å². The summed E-state index contributed by atoms with van der Waals surface area (Å²) >= 11 is 0. The Balaban J connectivity index is 1.88. The SMILES string of the molecule is Cc1ccccc1NC(=O)C(Cc1ccccn1)c1ccc(F)cc1. The monoisotopic (exact) mass is 334 g/mol. The second-order valence-electron chi connectivity index (χ2n) is 5.93. The van der Waals surface area contributed by atoms with E-state index in [1.807, 2.05) is 49.4 Å². The van der Waals surface area contributed by atoms with Crippen LogP contribution in [0.25, 0.3) is 0 Å². The van der Waals surface area contributed by atoms with E-state index in [4.69, 9.17) is 0 Å². The van der Waals surface area contributed by atoms with E-state index in [0.717, 1.165) is 22.5 Å². The van der Waals surface area contributed by atoms with E-state index < -0.39 is 5.92 Å². The highest BCUT2D eigenvalue weighted by molar-refractivity contribution is 5.96. The van der Waals surface area contributed by atoms with Crippen LogP contribution in [0, 0.1) is 12.7 Å². The first-order valence-corrected chi connectivity index (χ1v) is 8.15. The quantitative estimate of drug-likeness (QED) is 0.747. The number of aromatic nitrogens is 1. The molecule has 1 unspecified atom stereocenters. The fraction of sp³-hybridized carbons (Fsp3) is 0.143. The van der Waals surface area contributed by atoms with Gasteiger partial charge in [-0.3, -0.25) is 9.78 Å². The average Bonchev–Trinajstić information content (AvgIpc) is 2.63. The van der Waals surface area contributed by atoms with Crippen molar-refractivity contribution in [3.63, 3.8) is 0 Å². The van der Waals surface area contributed by atoms with Crippen molar-refractivity contribution in [2.24, 2.45) is 0 Å². The van der Waals surface area contributed by atoms with Gasteiger partial charge >= 0.3 is 0 Å². The first-order chi connectivity index (χ1) is 12.1. The minimum Gasteiger partial charge on any atom is -0.325 e. The normalized spacial score (nSPS) is 11.8.